The molecule has 0 unspecified atom stereocenters. The maximum atomic E-state index is 12.4. The number of carbonyl (C=O) groups excluding carboxylic acids is 1. The molecule has 4 nitrogen and oxygen atoms in total. The van der Waals surface area contributed by atoms with Crippen LogP contribution in [0.4, 0.5) is 0 Å². The molecule has 0 amide bonds. The van der Waals surface area contributed by atoms with Crippen LogP contribution in [-0.2, 0) is 0 Å². The number of hydrogen-bond acceptors (Lipinski definition) is 4. The number of aryl methyl sites for hydroxylation is 1. The lowest BCUT2D eigenvalue weighted by molar-refractivity contribution is 0.0957. The first kappa shape index (κ1) is 11.9. The zero-order valence-corrected chi connectivity index (χ0v) is 11.4. The van der Waals surface area contributed by atoms with Crippen molar-refractivity contribution >= 4 is 27.3 Å². The van der Waals surface area contributed by atoms with E-state index >= 15 is 0 Å². The normalized spacial score (nSPS) is 10.8. The monoisotopic (exact) mass is 272 g/mol. The largest absolute Gasteiger partial charge is 0.496 e. The van der Waals surface area contributed by atoms with Crippen LogP contribution >= 0.6 is 11.3 Å². The quantitative estimate of drug-likeness (QED) is 0.720. The van der Waals surface area contributed by atoms with Crippen LogP contribution in [0.5, 0.6) is 5.75 Å². The van der Waals surface area contributed by atoms with Crippen molar-refractivity contribution in [2.45, 2.75) is 6.92 Å². The maximum absolute atomic E-state index is 12.4. The molecule has 1 aromatic carbocycles. The Bertz CT molecular complexity index is 744. The van der Waals surface area contributed by atoms with E-state index in [-0.39, 0.29) is 5.91 Å². The standard InChI is InChI=1S/C14H12N2O2S/c1-9-5-10-6-11(12(18-2)7-13(10)19-9)14(17)16-4-3-15-8-16/h3-8H,1-2H3. The van der Waals surface area contributed by atoms with E-state index in [0.29, 0.717) is 11.3 Å². The third-order valence-electron chi connectivity index (χ3n) is 2.93. The van der Waals surface area contributed by atoms with Crippen LogP contribution < -0.4 is 4.74 Å². The number of benzene rings is 1. The predicted molar refractivity (Wildman–Crippen MR) is 75.1 cm³/mol. The molecule has 3 rings (SSSR count). The third kappa shape index (κ3) is 2.02. The predicted octanol–water partition coefficient (Wildman–Crippen LogP) is 3.10. The van der Waals surface area contributed by atoms with Crippen molar-refractivity contribution in [2.24, 2.45) is 0 Å². The van der Waals surface area contributed by atoms with Gasteiger partial charge in [-0.05, 0) is 30.5 Å². The number of methoxy groups -OCH3 is 1. The second-order valence-electron chi connectivity index (χ2n) is 4.22. The van der Waals surface area contributed by atoms with Crippen LogP contribution in [0.2, 0.25) is 0 Å². The van der Waals surface area contributed by atoms with Crippen LogP contribution in [-0.4, -0.2) is 22.6 Å². The van der Waals surface area contributed by atoms with Crippen molar-refractivity contribution < 1.29 is 9.53 Å². The van der Waals surface area contributed by atoms with Gasteiger partial charge in [-0.15, -0.1) is 11.3 Å². The summed E-state index contributed by atoms with van der Waals surface area (Å²) in [6, 6.07) is 5.86. The molecule has 0 spiro atoms. The van der Waals surface area contributed by atoms with E-state index in [1.54, 1.807) is 30.8 Å². The summed E-state index contributed by atoms with van der Waals surface area (Å²) in [6.07, 6.45) is 4.70. The molecule has 0 atom stereocenters. The minimum absolute atomic E-state index is 0.139. The lowest BCUT2D eigenvalue weighted by atomic mass is 10.1. The Hall–Kier alpha value is -2.14. The van der Waals surface area contributed by atoms with Crippen LogP contribution in [0.15, 0.2) is 36.9 Å². The summed E-state index contributed by atoms with van der Waals surface area (Å²) in [6.45, 7) is 2.05. The molecule has 3 aromatic rings. The van der Waals surface area contributed by atoms with Gasteiger partial charge in [-0.3, -0.25) is 9.36 Å². The molecule has 0 radical (unpaired) electrons. The lowest BCUT2D eigenvalue weighted by Crippen LogP contribution is -2.11. The first-order valence-corrected chi connectivity index (χ1v) is 6.61. The van der Waals surface area contributed by atoms with Crippen LogP contribution in [0.25, 0.3) is 10.1 Å². The first-order chi connectivity index (χ1) is 9.19. The summed E-state index contributed by atoms with van der Waals surface area (Å²) in [7, 11) is 1.58. The van der Waals surface area contributed by atoms with Crippen molar-refractivity contribution in [3.05, 3.63) is 47.4 Å². The SMILES string of the molecule is COc1cc2sc(C)cc2cc1C(=O)n1ccnc1. The van der Waals surface area contributed by atoms with Crippen molar-refractivity contribution in [3.63, 3.8) is 0 Å². The zero-order chi connectivity index (χ0) is 13.4. The second kappa shape index (κ2) is 4.51. The smallest absolute Gasteiger partial charge is 0.266 e. The van der Waals surface area contributed by atoms with Gasteiger partial charge in [0, 0.05) is 22.0 Å². The molecule has 0 fully saturated rings. The Labute approximate surface area is 114 Å². The number of ether oxygens (including phenoxy) is 1. The highest BCUT2D eigenvalue weighted by Crippen LogP contribution is 2.32. The molecule has 96 valence electrons. The zero-order valence-electron chi connectivity index (χ0n) is 10.6. The Morgan fingerprint density at radius 3 is 2.89 bits per heavy atom. The second-order valence-corrected chi connectivity index (χ2v) is 5.51. The van der Waals surface area contributed by atoms with Crippen molar-refractivity contribution in [2.75, 3.05) is 7.11 Å². The van der Waals surface area contributed by atoms with E-state index in [1.165, 1.54) is 15.8 Å². The fourth-order valence-corrected chi connectivity index (χ4v) is 2.99. The molecule has 0 aliphatic rings. The van der Waals surface area contributed by atoms with Crippen molar-refractivity contribution in [1.29, 1.82) is 0 Å². The van der Waals surface area contributed by atoms with Gasteiger partial charge in [0.15, 0.2) is 0 Å². The number of nitrogens with zero attached hydrogens (tertiary/aromatic N) is 2. The third-order valence-corrected chi connectivity index (χ3v) is 3.94. The number of carbonyl (C=O) groups is 1. The molecule has 5 heteroatoms. The minimum atomic E-state index is -0.139. The lowest BCUT2D eigenvalue weighted by Gasteiger charge is -2.08. The molecule has 0 aliphatic heterocycles. The number of aromatic nitrogens is 2. The molecule has 0 saturated heterocycles. The summed E-state index contributed by atoms with van der Waals surface area (Å²) >= 11 is 1.69. The number of thiophene rings is 1. The van der Waals surface area contributed by atoms with Crippen LogP contribution in [0.3, 0.4) is 0 Å². The van der Waals surface area contributed by atoms with Crippen LogP contribution in [0, 0.1) is 6.92 Å². The van der Waals surface area contributed by atoms with Gasteiger partial charge >= 0.3 is 0 Å². The average molecular weight is 272 g/mol. The van der Waals surface area contributed by atoms with Crippen LogP contribution in [0.1, 0.15) is 15.2 Å². The molecule has 19 heavy (non-hydrogen) atoms. The summed E-state index contributed by atoms with van der Waals surface area (Å²) in [5.74, 6) is 0.452. The van der Waals surface area contributed by atoms with E-state index < -0.39 is 0 Å². The number of hydrogen-bond donors (Lipinski definition) is 0. The summed E-state index contributed by atoms with van der Waals surface area (Å²) in [5.41, 5.74) is 0.547. The first-order valence-electron chi connectivity index (χ1n) is 5.80. The minimum Gasteiger partial charge on any atom is -0.496 e. The molecular weight excluding hydrogens is 260 g/mol. The van der Waals surface area contributed by atoms with E-state index in [4.69, 9.17) is 4.74 Å². The molecule has 0 N–H and O–H groups in total. The van der Waals surface area contributed by atoms with Gasteiger partial charge in [-0.25, -0.2) is 4.98 Å². The highest BCUT2D eigenvalue weighted by molar-refractivity contribution is 7.19. The van der Waals surface area contributed by atoms with Gasteiger partial charge in [0.05, 0.1) is 12.7 Å². The van der Waals surface area contributed by atoms with Gasteiger partial charge in [0.1, 0.15) is 12.1 Å². The number of imidazole rings is 1. The van der Waals surface area contributed by atoms with E-state index in [9.17, 15) is 4.79 Å². The van der Waals surface area contributed by atoms with E-state index in [0.717, 1.165) is 10.1 Å². The fourth-order valence-electron chi connectivity index (χ4n) is 2.06. The number of rotatable bonds is 2. The Morgan fingerprint density at radius 1 is 1.37 bits per heavy atom. The molecule has 0 aliphatic carbocycles. The average Bonchev–Trinajstić information content (AvgIpc) is 3.03. The van der Waals surface area contributed by atoms with Gasteiger partial charge in [-0.2, -0.15) is 0 Å². The van der Waals surface area contributed by atoms with Gasteiger partial charge in [0.25, 0.3) is 5.91 Å². The highest BCUT2D eigenvalue weighted by Gasteiger charge is 2.16. The molecule has 2 heterocycles. The van der Waals surface area contributed by atoms with E-state index in [2.05, 4.69) is 18.0 Å². The van der Waals surface area contributed by atoms with Gasteiger partial charge < -0.3 is 4.74 Å². The number of fused-ring (bicyclic) bond motifs is 1. The summed E-state index contributed by atoms with van der Waals surface area (Å²) in [5, 5.41) is 1.06. The Balaban J connectivity index is 2.18. The van der Waals surface area contributed by atoms with Gasteiger partial charge in [0.2, 0.25) is 0 Å². The summed E-state index contributed by atoms with van der Waals surface area (Å²) < 4.78 is 7.90. The Kier molecular flexibility index (Phi) is 2.83. The van der Waals surface area contributed by atoms with Crippen molar-refractivity contribution in [1.82, 2.24) is 9.55 Å². The molecular formula is C14H12N2O2S. The molecule has 0 saturated carbocycles. The van der Waals surface area contributed by atoms with Gasteiger partial charge in [-0.1, -0.05) is 0 Å². The Morgan fingerprint density at radius 2 is 2.21 bits per heavy atom. The highest BCUT2D eigenvalue weighted by atomic mass is 32.1. The van der Waals surface area contributed by atoms with E-state index in [1.807, 2.05) is 12.1 Å². The van der Waals surface area contributed by atoms with Crippen molar-refractivity contribution in [3.8, 4) is 5.75 Å². The fraction of sp³-hybridized carbons (Fsp3) is 0.143. The summed E-state index contributed by atoms with van der Waals surface area (Å²) in [4.78, 5) is 17.5. The molecule has 0 bridgehead atoms. The topological polar surface area (TPSA) is 44.1 Å². The maximum Gasteiger partial charge on any atom is 0.266 e. The molecule has 2 aromatic heterocycles.